The van der Waals surface area contributed by atoms with Gasteiger partial charge < -0.3 is 23.8 Å². The molecule has 2 unspecified atom stereocenters. The minimum absolute atomic E-state index is 0.0484. The molecule has 0 fully saturated rings. The summed E-state index contributed by atoms with van der Waals surface area (Å²) in [5.41, 5.74) is 0. The van der Waals surface area contributed by atoms with Crippen LogP contribution in [0.2, 0.25) is 0 Å². The zero-order valence-electron chi connectivity index (χ0n) is 33.7. The molecule has 0 heterocycles. The van der Waals surface area contributed by atoms with Gasteiger partial charge in [-0.15, -0.1) is 0 Å². The number of hydrogen-bond donors (Lipinski definition) is 1. The Morgan fingerprint density at radius 3 is 1.50 bits per heavy atom. The van der Waals surface area contributed by atoms with E-state index in [1.165, 1.54) is 12.8 Å². The van der Waals surface area contributed by atoms with Crippen molar-refractivity contribution < 1.29 is 38.2 Å². The number of ether oxygens (including phenoxy) is 3. The Morgan fingerprint density at radius 2 is 1.02 bits per heavy atom. The van der Waals surface area contributed by atoms with Gasteiger partial charge in [0, 0.05) is 19.3 Å². The van der Waals surface area contributed by atoms with Gasteiger partial charge in [-0.1, -0.05) is 120 Å². The van der Waals surface area contributed by atoms with Gasteiger partial charge in [-0.3, -0.25) is 9.59 Å². The average Bonchev–Trinajstić information content (AvgIpc) is 3.09. The molecule has 298 valence electrons. The fraction of sp³-hybridized carbons (Fsp3) is 0.705. The van der Waals surface area contributed by atoms with Crippen LogP contribution in [0.15, 0.2) is 60.8 Å². The molecule has 0 amide bonds. The normalized spacial score (nSPS) is 13.6. The third kappa shape index (κ3) is 32.9. The molecule has 0 saturated carbocycles. The first-order valence-corrected chi connectivity index (χ1v) is 20.3. The summed E-state index contributed by atoms with van der Waals surface area (Å²) in [6, 6.07) is -0.620. The number of carboxylic acids is 1. The number of aliphatic carboxylic acids is 1. The molecule has 0 rings (SSSR count). The van der Waals surface area contributed by atoms with Crippen molar-refractivity contribution in [2.75, 3.05) is 41.0 Å². The van der Waals surface area contributed by atoms with Crippen LogP contribution < -0.4 is 0 Å². The molecule has 0 spiro atoms. The highest BCUT2D eigenvalue weighted by atomic mass is 16.6. The van der Waals surface area contributed by atoms with Crippen LogP contribution in [0.25, 0.3) is 0 Å². The number of quaternary nitrogens is 1. The second kappa shape index (κ2) is 35.1. The van der Waals surface area contributed by atoms with Crippen LogP contribution in [0.3, 0.4) is 0 Å². The Labute approximate surface area is 318 Å². The number of nitrogens with zero attached hydrogens (tertiary/aromatic N) is 1. The van der Waals surface area contributed by atoms with Crippen molar-refractivity contribution in [2.24, 2.45) is 0 Å². The second-order valence-corrected chi connectivity index (χ2v) is 14.5. The van der Waals surface area contributed by atoms with Crippen LogP contribution in [0.4, 0.5) is 0 Å². The maximum Gasteiger partial charge on any atom is 0.362 e. The van der Waals surface area contributed by atoms with E-state index in [1.54, 1.807) is 0 Å². The van der Waals surface area contributed by atoms with Crippen molar-refractivity contribution in [2.45, 2.75) is 161 Å². The maximum atomic E-state index is 12.7. The van der Waals surface area contributed by atoms with Gasteiger partial charge in [0.05, 0.1) is 34.4 Å². The zero-order chi connectivity index (χ0) is 38.5. The van der Waals surface area contributed by atoms with Gasteiger partial charge in [0.15, 0.2) is 12.1 Å². The minimum Gasteiger partial charge on any atom is -0.477 e. The standard InChI is InChI=1S/C44H75NO7/c1-6-8-10-12-14-16-18-20-21-22-23-25-26-28-30-32-34-42(46)51-39-40(38-50-37-36-41(44(48)49)45(3,4)5)52-43(47)35-33-31-29-27-24-19-17-15-13-11-9-7-2/h8-11,14-17,20-21,40-41H,6-7,12-13,18-19,22-39H2,1-5H3/p+1/b10-8+,11-9+,16-14+,17-15+,21-20+. The number of allylic oxidation sites excluding steroid dienone is 10. The van der Waals surface area contributed by atoms with Crippen LogP contribution >= 0.6 is 0 Å². The predicted molar refractivity (Wildman–Crippen MR) is 215 cm³/mol. The summed E-state index contributed by atoms with van der Waals surface area (Å²) in [5.74, 6) is -1.51. The van der Waals surface area contributed by atoms with E-state index in [1.807, 2.05) is 21.1 Å². The lowest BCUT2D eigenvalue weighted by molar-refractivity contribution is -0.887. The van der Waals surface area contributed by atoms with Gasteiger partial charge in [0.25, 0.3) is 0 Å². The number of rotatable bonds is 35. The number of carbonyl (C=O) groups excluding carboxylic acids is 2. The van der Waals surface area contributed by atoms with Crippen molar-refractivity contribution in [3.05, 3.63) is 60.8 Å². The van der Waals surface area contributed by atoms with E-state index in [4.69, 9.17) is 14.2 Å². The fourth-order valence-electron chi connectivity index (χ4n) is 5.55. The molecule has 0 radical (unpaired) electrons. The molecule has 8 nitrogen and oxygen atoms in total. The van der Waals surface area contributed by atoms with Gasteiger partial charge in [-0.25, -0.2) is 4.79 Å². The molecule has 0 aromatic rings. The lowest BCUT2D eigenvalue weighted by Crippen LogP contribution is -2.50. The third-order valence-electron chi connectivity index (χ3n) is 8.66. The van der Waals surface area contributed by atoms with E-state index in [-0.39, 0.29) is 36.2 Å². The first kappa shape index (κ1) is 49.0. The lowest BCUT2D eigenvalue weighted by Gasteiger charge is -2.31. The topological polar surface area (TPSA) is 99.1 Å². The van der Waals surface area contributed by atoms with Crippen LogP contribution in [0.5, 0.6) is 0 Å². The summed E-state index contributed by atoms with van der Waals surface area (Å²) in [5, 5.41) is 9.59. The first-order chi connectivity index (χ1) is 25.1. The van der Waals surface area contributed by atoms with Gasteiger partial charge in [0.2, 0.25) is 0 Å². The molecule has 2 atom stereocenters. The Balaban J connectivity index is 4.42. The molecular weight excluding hydrogens is 654 g/mol. The Bertz CT molecular complexity index is 1040. The van der Waals surface area contributed by atoms with Crippen LogP contribution in [0.1, 0.15) is 149 Å². The summed E-state index contributed by atoms with van der Waals surface area (Å²) in [4.78, 5) is 36.8. The lowest BCUT2D eigenvalue weighted by atomic mass is 10.1. The Kier molecular flexibility index (Phi) is 33.1. The quantitative estimate of drug-likeness (QED) is 0.0300. The zero-order valence-corrected chi connectivity index (χ0v) is 33.7. The van der Waals surface area contributed by atoms with Gasteiger partial charge >= 0.3 is 17.9 Å². The molecule has 0 aromatic carbocycles. The highest BCUT2D eigenvalue weighted by Gasteiger charge is 2.31. The molecule has 0 bridgehead atoms. The molecule has 0 saturated heterocycles. The molecular formula is C44H76NO7+. The summed E-state index contributed by atoms with van der Waals surface area (Å²) in [7, 11) is 5.50. The van der Waals surface area contributed by atoms with E-state index in [2.05, 4.69) is 74.6 Å². The first-order valence-electron chi connectivity index (χ1n) is 20.3. The highest BCUT2D eigenvalue weighted by molar-refractivity contribution is 5.72. The Hall–Kier alpha value is -2.97. The number of esters is 2. The predicted octanol–water partition coefficient (Wildman–Crippen LogP) is 10.6. The van der Waals surface area contributed by atoms with Crippen LogP contribution in [-0.2, 0) is 28.6 Å². The molecule has 0 aromatic heterocycles. The molecule has 0 aliphatic carbocycles. The second-order valence-electron chi connectivity index (χ2n) is 14.5. The van der Waals surface area contributed by atoms with Crippen molar-refractivity contribution in [3.8, 4) is 0 Å². The summed E-state index contributed by atoms with van der Waals surface area (Å²) >= 11 is 0. The maximum absolute atomic E-state index is 12.7. The van der Waals surface area contributed by atoms with E-state index in [0.717, 1.165) is 103 Å². The fourth-order valence-corrected chi connectivity index (χ4v) is 5.55. The Morgan fingerprint density at radius 1 is 0.577 bits per heavy atom. The molecule has 52 heavy (non-hydrogen) atoms. The van der Waals surface area contributed by atoms with Gasteiger partial charge in [-0.05, 0) is 70.6 Å². The van der Waals surface area contributed by atoms with Gasteiger partial charge in [-0.2, -0.15) is 0 Å². The number of carbonyl (C=O) groups is 3. The smallest absolute Gasteiger partial charge is 0.362 e. The minimum atomic E-state index is -0.883. The van der Waals surface area contributed by atoms with E-state index in [9.17, 15) is 19.5 Å². The number of likely N-dealkylation sites (N-methyl/N-ethyl adjacent to an activating group) is 1. The van der Waals surface area contributed by atoms with Crippen LogP contribution in [0, 0.1) is 0 Å². The van der Waals surface area contributed by atoms with Crippen molar-refractivity contribution in [1.82, 2.24) is 0 Å². The summed E-state index contributed by atoms with van der Waals surface area (Å²) in [6.07, 6.45) is 41.2. The monoisotopic (exact) mass is 731 g/mol. The van der Waals surface area contributed by atoms with Crippen LogP contribution in [-0.4, -0.2) is 80.6 Å². The number of hydrogen-bond acceptors (Lipinski definition) is 6. The largest absolute Gasteiger partial charge is 0.477 e. The molecule has 0 aliphatic rings. The number of unbranched alkanes of at least 4 members (excludes halogenated alkanes) is 11. The average molecular weight is 731 g/mol. The van der Waals surface area contributed by atoms with E-state index in [0.29, 0.717) is 19.3 Å². The number of carboxylic acid groups (broad SMARTS) is 1. The summed E-state index contributed by atoms with van der Waals surface area (Å²) < 4.78 is 17.2. The van der Waals surface area contributed by atoms with E-state index < -0.39 is 18.1 Å². The van der Waals surface area contributed by atoms with E-state index >= 15 is 0 Å². The molecule has 0 aliphatic heterocycles. The third-order valence-corrected chi connectivity index (χ3v) is 8.66. The van der Waals surface area contributed by atoms with Gasteiger partial charge in [0.1, 0.15) is 6.61 Å². The highest BCUT2D eigenvalue weighted by Crippen LogP contribution is 2.13. The van der Waals surface area contributed by atoms with Crippen molar-refractivity contribution in [3.63, 3.8) is 0 Å². The SMILES string of the molecule is CC/C=C/C/C=C/C/C=C/CCCCCCCCC(=O)OCC(COCCC(C(=O)O)[N+](C)(C)C)OC(=O)CCCCCCC/C=C/C/C=C/CC. The molecule has 8 heteroatoms. The van der Waals surface area contributed by atoms with Crippen molar-refractivity contribution in [1.29, 1.82) is 0 Å². The molecule has 1 N–H and O–H groups in total. The summed E-state index contributed by atoms with van der Waals surface area (Å²) in [6.45, 7) is 4.46. The van der Waals surface area contributed by atoms with Crippen molar-refractivity contribution >= 4 is 17.9 Å².